The van der Waals surface area contributed by atoms with Crippen molar-refractivity contribution in [2.45, 2.75) is 6.42 Å². The fraction of sp³-hybridized carbons (Fsp3) is 0.0526. The predicted octanol–water partition coefficient (Wildman–Crippen LogP) is 6.36. The third-order valence-corrected chi connectivity index (χ3v) is 5.12. The molecule has 0 atom stereocenters. The van der Waals surface area contributed by atoms with Crippen LogP contribution < -0.4 is 5.43 Å². The summed E-state index contributed by atoms with van der Waals surface area (Å²) in [7, 11) is 0. The molecule has 0 spiro atoms. The molecule has 0 radical (unpaired) electrons. The summed E-state index contributed by atoms with van der Waals surface area (Å²) in [6.07, 6.45) is 1.64. The van der Waals surface area contributed by atoms with Crippen LogP contribution in [0.1, 0.15) is 11.3 Å². The van der Waals surface area contributed by atoms with Crippen molar-refractivity contribution in [2.24, 2.45) is 5.10 Å². The smallest absolute Gasteiger partial charge is 0.244 e. The number of carbonyl (C=O) groups excluding carboxylic acids is 1. The lowest BCUT2D eigenvalue weighted by Gasteiger charge is -2.03. The number of nitrogens with zero attached hydrogens (tertiary/aromatic N) is 1. The van der Waals surface area contributed by atoms with Gasteiger partial charge in [0.15, 0.2) is 0 Å². The first kappa shape index (κ1) is 20.0. The second-order valence-corrected chi connectivity index (χ2v) is 7.68. The monoisotopic (exact) mass is 484 g/mol. The maximum absolute atomic E-state index is 11.9. The molecule has 1 amide bonds. The molecule has 4 nitrogen and oxygen atoms in total. The number of hydrogen-bond donors (Lipinski definition) is 1. The van der Waals surface area contributed by atoms with Crippen molar-refractivity contribution < 1.29 is 9.21 Å². The molecular formula is C19H12BrCl3N2O2. The summed E-state index contributed by atoms with van der Waals surface area (Å²) in [5.74, 6) is 0.741. The van der Waals surface area contributed by atoms with Crippen LogP contribution in [0.4, 0.5) is 0 Å². The van der Waals surface area contributed by atoms with Crippen molar-refractivity contribution >= 4 is 62.9 Å². The Morgan fingerprint density at radius 3 is 2.48 bits per heavy atom. The minimum absolute atomic E-state index is 0.229. The molecule has 1 N–H and O–H groups in total. The Bertz CT molecular complexity index is 1000. The van der Waals surface area contributed by atoms with E-state index in [1.807, 2.05) is 24.3 Å². The molecule has 3 aromatic rings. The van der Waals surface area contributed by atoms with Gasteiger partial charge in [0.1, 0.15) is 11.5 Å². The summed E-state index contributed by atoms with van der Waals surface area (Å²) < 4.78 is 6.63. The Labute approximate surface area is 179 Å². The number of furan rings is 1. The molecule has 2 aromatic carbocycles. The lowest BCUT2D eigenvalue weighted by Crippen LogP contribution is -2.19. The van der Waals surface area contributed by atoms with Gasteiger partial charge in [-0.05, 0) is 42.0 Å². The highest BCUT2D eigenvalue weighted by Gasteiger charge is 2.11. The van der Waals surface area contributed by atoms with Gasteiger partial charge >= 0.3 is 0 Å². The van der Waals surface area contributed by atoms with Crippen molar-refractivity contribution in [3.8, 4) is 11.3 Å². The van der Waals surface area contributed by atoms with Gasteiger partial charge < -0.3 is 4.42 Å². The summed E-state index contributed by atoms with van der Waals surface area (Å²) in [5, 5.41) is 5.08. The number of rotatable bonds is 5. The van der Waals surface area contributed by atoms with E-state index in [2.05, 4.69) is 26.5 Å². The number of nitrogens with one attached hydrogen (secondary N) is 1. The van der Waals surface area contributed by atoms with Gasteiger partial charge in [0.25, 0.3) is 0 Å². The van der Waals surface area contributed by atoms with Crippen molar-refractivity contribution in [1.82, 2.24) is 5.43 Å². The van der Waals surface area contributed by atoms with E-state index in [9.17, 15) is 4.79 Å². The first-order chi connectivity index (χ1) is 12.9. The van der Waals surface area contributed by atoms with E-state index in [4.69, 9.17) is 39.2 Å². The molecule has 0 unspecified atom stereocenters. The molecule has 0 saturated carbocycles. The van der Waals surface area contributed by atoms with Crippen molar-refractivity contribution in [3.63, 3.8) is 0 Å². The fourth-order valence-corrected chi connectivity index (χ4v) is 3.18. The van der Waals surface area contributed by atoms with Crippen LogP contribution in [0.2, 0.25) is 15.1 Å². The van der Waals surface area contributed by atoms with Crippen LogP contribution in [0, 0.1) is 0 Å². The minimum atomic E-state index is -0.229. The number of hydrogen-bond acceptors (Lipinski definition) is 3. The second-order valence-electron chi connectivity index (χ2n) is 5.54. The Morgan fingerprint density at radius 1 is 1.04 bits per heavy atom. The van der Waals surface area contributed by atoms with Gasteiger partial charge in [-0.25, -0.2) is 5.43 Å². The molecule has 1 aromatic heterocycles. The van der Waals surface area contributed by atoms with Gasteiger partial charge in [-0.2, -0.15) is 5.10 Å². The Balaban J connectivity index is 1.63. The molecule has 0 bridgehead atoms. The Kier molecular flexibility index (Phi) is 6.60. The molecule has 0 aliphatic rings. The average Bonchev–Trinajstić information content (AvgIpc) is 3.09. The molecule has 0 aliphatic carbocycles. The standard InChI is InChI=1S/C19H12BrCl3N2O2/c20-12-3-1-11(2-4-12)7-19(26)25-24-10-13-5-6-18(27-13)14-8-16(22)17(23)9-15(14)21/h1-6,8-10H,7H2,(H,25,26)/b24-10-. The third kappa shape index (κ3) is 5.36. The molecule has 3 rings (SSSR count). The zero-order valence-electron chi connectivity index (χ0n) is 13.7. The average molecular weight is 487 g/mol. The molecule has 0 fully saturated rings. The number of carbonyl (C=O) groups is 1. The van der Waals surface area contributed by atoms with Gasteiger partial charge in [0, 0.05) is 10.0 Å². The van der Waals surface area contributed by atoms with Gasteiger partial charge in [0.05, 0.1) is 27.7 Å². The molecular weight excluding hydrogens is 474 g/mol. The highest BCUT2D eigenvalue weighted by atomic mass is 79.9. The Hall–Kier alpha value is -1.79. The van der Waals surface area contributed by atoms with E-state index in [0.717, 1.165) is 10.0 Å². The van der Waals surface area contributed by atoms with Gasteiger partial charge in [-0.3, -0.25) is 4.79 Å². The van der Waals surface area contributed by atoms with Crippen molar-refractivity contribution in [3.05, 3.63) is 79.4 Å². The molecule has 0 aliphatic heterocycles. The summed E-state index contributed by atoms with van der Waals surface area (Å²) >= 11 is 21.5. The summed E-state index contributed by atoms with van der Waals surface area (Å²) in [6.45, 7) is 0. The van der Waals surface area contributed by atoms with Crippen LogP contribution in [0.3, 0.4) is 0 Å². The lowest BCUT2D eigenvalue weighted by molar-refractivity contribution is -0.120. The number of hydrazone groups is 1. The van der Waals surface area contributed by atoms with Crippen molar-refractivity contribution in [1.29, 1.82) is 0 Å². The first-order valence-corrected chi connectivity index (χ1v) is 9.66. The highest BCUT2D eigenvalue weighted by molar-refractivity contribution is 9.10. The zero-order valence-corrected chi connectivity index (χ0v) is 17.5. The van der Waals surface area contributed by atoms with Gasteiger partial charge in [-0.1, -0.05) is 62.9 Å². The van der Waals surface area contributed by atoms with Crippen LogP contribution in [0.15, 0.2) is 62.5 Å². The number of halogens is 4. The molecule has 1 heterocycles. The van der Waals surface area contributed by atoms with Crippen LogP contribution in [0.25, 0.3) is 11.3 Å². The van der Waals surface area contributed by atoms with E-state index in [1.165, 1.54) is 6.21 Å². The topological polar surface area (TPSA) is 54.6 Å². The SMILES string of the molecule is O=C(Cc1ccc(Br)cc1)N/N=C\c1ccc(-c2cc(Cl)c(Cl)cc2Cl)o1. The summed E-state index contributed by atoms with van der Waals surface area (Å²) in [6, 6.07) is 14.1. The summed E-state index contributed by atoms with van der Waals surface area (Å²) in [5.41, 5.74) is 3.97. The van der Waals surface area contributed by atoms with E-state index in [1.54, 1.807) is 24.3 Å². The zero-order chi connectivity index (χ0) is 19.4. The van der Waals surface area contributed by atoms with E-state index in [0.29, 0.717) is 32.2 Å². The molecule has 27 heavy (non-hydrogen) atoms. The summed E-state index contributed by atoms with van der Waals surface area (Å²) in [4.78, 5) is 11.9. The van der Waals surface area contributed by atoms with Crippen LogP contribution >= 0.6 is 50.7 Å². The first-order valence-electron chi connectivity index (χ1n) is 7.73. The highest BCUT2D eigenvalue weighted by Crippen LogP contribution is 2.35. The lowest BCUT2D eigenvalue weighted by atomic mass is 10.1. The molecule has 138 valence electrons. The van der Waals surface area contributed by atoms with Crippen molar-refractivity contribution in [2.75, 3.05) is 0 Å². The molecule has 0 saturated heterocycles. The van der Waals surface area contributed by atoms with Gasteiger partial charge in [-0.15, -0.1) is 0 Å². The van der Waals surface area contributed by atoms with E-state index >= 15 is 0 Å². The Morgan fingerprint density at radius 2 is 1.74 bits per heavy atom. The number of benzene rings is 2. The van der Waals surface area contributed by atoms with Crippen LogP contribution in [-0.4, -0.2) is 12.1 Å². The second kappa shape index (κ2) is 8.93. The third-order valence-electron chi connectivity index (χ3n) is 3.56. The maximum Gasteiger partial charge on any atom is 0.244 e. The quantitative estimate of drug-likeness (QED) is 0.259. The van der Waals surface area contributed by atoms with E-state index < -0.39 is 0 Å². The fourth-order valence-electron chi connectivity index (χ4n) is 2.27. The largest absolute Gasteiger partial charge is 0.455 e. The maximum atomic E-state index is 11.9. The predicted molar refractivity (Wildman–Crippen MR) is 113 cm³/mol. The van der Waals surface area contributed by atoms with Crippen LogP contribution in [0.5, 0.6) is 0 Å². The van der Waals surface area contributed by atoms with E-state index in [-0.39, 0.29) is 12.3 Å². The normalized spacial score (nSPS) is 11.1. The van der Waals surface area contributed by atoms with Crippen LogP contribution in [-0.2, 0) is 11.2 Å². The van der Waals surface area contributed by atoms with Gasteiger partial charge in [0.2, 0.25) is 5.91 Å². The number of amides is 1. The molecule has 8 heteroatoms. The minimum Gasteiger partial charge on any atom is -0.455 e.